The van der Waals surface area contributed by atoms with Crippen LogP contribution in [0.2, 0.25) is 0 Å². The fourth-order valence-electron chi connectivity index (χ4n) is 4.16. The number of hydrogen-bond donors (Lipinski definition) is 3. The largest absolute Gasteiger partial charge is 0.513 e. The fraction of sp³-hybridized carbons (Fsp3) is 0.310. The van der Waals surface area contributed by atoms with Crippen molar-refractivity contribution in [1.82, 2.24) is 14.9 Å². The molecule has 0 radical (unpaired) electrons. The predicted octanol–water partition coefficient (Wildman–Crippen LogP) is 5.29. The number of nitrogens with zero attached hydrogens (tertiary/aromatic N) is 2. The van der Waals surface area contributed by atoms with E-state index in [1.165, 1.54) is 12.1 Å². The van der Waals surface area contributed by atoms with Crippen LogP contribution >= 0.6 is 12.4 Å². The van der Waals surface area contributed by atoms with E-state index in [9.17, 15) is 18.3 Å². The van der Waals surface area contributed by atoms with E-state index in [1.807, 2.05) is 24.5 Å². The number of sulfonamides is 1. The zero-order valence-electron chi connectivity index (χ0n) is 23.1. The van der Waals surface area contributed by atoms with Gasteiger partial charge in [0.15, 0.2) is 5.75 Å². The summed E-state index contributed by atoms with van der Waals surface area (Å²) in [5, 5.41) is 14.3. The molecule has 0 saturated heterocycles. The average Bonchev–Trinajstić information content (AvgIpc) is 3.35. The highest BCUT2D eigenvalue weighted by molar-refractivity contribution is 7.92. The van der Waals surface area contributed by atoms with E-state index >= 15 is 0 Å². The molecule has 3 aromatic carbocycles. The molecule has 12 heteroatoms. The lowest BCUT2D eigenvalue weighted by Crippen LogP contribution is -2.42. The van der Waals surface area contributed by atoms with Gasteiger partial charge in [-0.2, -0.15) is 0 Å². The fourth-order valence-corrected chi connectivity index (χ4v) is 5.23. The molecule has 1 unspecified atom stereocenters. The molecule has 10 nitrogen and oxygen atoms in total. The molecule has 0 aliphatic rings. The molecule has 0 aliphatic carbocycles. The third-order valence-corrected chi connectivity index (χ3v) is 7.79. The number of ether oxygens (including phenoxy) is 2. The van der Waals surface area contributed by atoms with Gasteiger partial charge in [-0.1, -0.05) is 36.4 Å². The van der Waals surface area contributed by atoms with Crippen LogP contribution in [0.1, 0.15) is 38.9 Å². The van der Waals surface area contributed by atoms with Gasteiger partial charge in [-0.3, -0.25) is 4.72 Å². The second-order valence-electron chi connectivity index (χ2n) is 9.92. The highest BCUT2D eigenvalue weighted by atomic mass is 35.5. The molecule has 3 N–H and O–H groups in total. The van der Waals surface area contributed by atoms with Crippen molar-refractivity contribution in [2.75, 3.05) is 17.9 Å². The Morgan fingerprint density at radius 1 is 1.07 bits per heavy atom. The number of fused-ring (bicyclic) bond motifs is 1. The summed E-state index contributed by atoms with van der Waals surface area (Å²) in [6.45, 7) is 6.91. The number of para-hydroxylation sites is 1. The molecular formula is C29H35ClN4O6S. The number of carbonyl (C=O) groups is 1. The van der Waals surface area contributed by atoms with Gasteiger partial charge in [0.2, 0.25) is 0 Å². The number of imidazole rings is 1. The van der Waals surface area contributed by atoms with Crippen LogP contribution in [-0.2, 0) is 21.3 Å². The molecule has 1 heterocycles. The van der Waals surface area contributed by atoms with E-state index in [2.05, 4.69) is 15.0 Å². The monoisotopic (exact) mass is 602 g/mol. The lowest BCUT2D eigenvalue weighted by Gasteiger charge is -2.28. The molecule has 4 rings (SSSR count). The Kier molecular flexibility index (Phi) is 10.7. The number of halogens is 1. The minimum atomic E-state index is -3.73. The van der Waals surface area contributed by atoms with Crippen LogP contribution < -0.4 is 14.8 Å². The van der Waals surface area contributed by atoms with Crippen molar-refractivity contribution in [1.29, 1.82) is 0 Å². The van der Waals surface area contributed by atoms with Gasteiger partial charge >= 0.3 is 6.16 Å². The van der Waals surface area contributed by atoms with Gasteiger partial charge in [-0.25, -0.2) is 18.2 Å². The molecular weight excluding hydrogens is 568 g/mol. The number of aryl methyl sites for hydroxylation is 1. The number of aliphatic hydroxyl groups is 1. The number of anilines is 1. The summed E-state index contributed by atoms with van der Waals surface area (Å²) in [5.41, 5.74) is 2.01. The van der Waals surface area contributed by atoms with Gasteiger partial charge in [-0.15, -0.1) is 12.4 Å². The number of β-amino-alcohol motifs (C(OH)–C–C–N with tert-alkyl or cyclic N) is 1. The van der Waals surface area contributed by atoms with E-state index in [1.54, 1.807) is 67.8 Å². The molecule has 0 saturated carbocycles. The first kappa shape index (κ1) is 31.9. The molecule has 41 heavy (non-hydrogen) atoms. The summed E-state index contributed by atoms with van der Waals surface area (Å²) in [7, 11) is -3.73. The highest BCUT2D eigenvalue weighted by Crippen LogP contribution is 2.26. The standard InChI is InChI=1S/C29H34N4O6S.ClH/c1-4-38-28(35)39-26-15-9-14-24-27(26)30-20-33(24)17-16-29(2,3)31-19-25(34)21-10-8-11-22(18-21)32-40(36,37)23-12-6-5-7-13-23;/h5-15,18,20,25,31-32,34H,4,16-17,19H2,1-3H3;1H. The van der Waals surface area contributed by atoms with Crippen molar-refractivity contribution in [2.45, 2.75) is 50.3 Å². The summed E-state index contributed by atoms with van der Waals surface area (Å²) in [4.78, 5) is 16.3. The van der Waals surface area contributed by atoms with E-state index < -0.39 is 22.3 Å². The predicted molar refractivity (Wildman–Crippen MR) is 160 cm³/mol. The Balaban J connectivity index is 0.00000462. The zero-order chi connectivity index (χ0) is 28.8. The van der Waals surface area contributed by atoms with E-state index in [0.29, 0.717) is 35.5 Å². The number of rotatable bonds is 12. The first-order valence-corrected chi connectivity index (χ1v) is 14.5. The smallest absolute Gasteiger partial charge is 0.434 e. The van der Waals surface area contributed by atoms with E-state index in [4.69, 9.17) is 9.47 Å². The van der Waals surface area contributed by atoms with Gasteiger partial charge in [0, 0.05) is 24.3 Å². The Morgan fingerprint density at radius 3 is 2.54 bits per heavy atom. The summed E-state index contributed by atoms with van der Waals surface area (Å²) < 4.78 is 40.0. The Hall–Kier alpha value is -3.64. The van der Waals surface area contributed by atoms with Gasteiger partial charge < -0.3 is 24.5 Å². The van der Waals surface area contributed by atoms with Gasteiger partial charge in [0.25, 0.3) is 10.0 Å². The summed E-state index contributed by atoms with van der Waals surface area (Å²) in [5.74, 6) is 0.337. The van der Waals surface area contributed by atoms with Crippen LogP contribution in [0.3, 0.4) is 0 Å². The molecule has 0 spiro atoms. The normalized spacial score (nSPS) is 12.4. The van der Waals surface area contributed by atoms with Crippen LogP contribution in [0.4, 0.5) is 10.5 Å². The topological polar surface area (TPSA) is 132 Å². The Morgan fingerprint density at radius 2 is 1.80 bits per heavy atom. The first-order valence-electron chi connectivity index (χ1n) is 13.0. The van der Waals surface area contributed by atoms with Gasteiger partial charge in [-0.05, 0) is 69.2 Å². The van der Waals surface area contributed by atoms with Crippen LogP contribution in [0.15, 0.2) is 84.0 Å². The maximum Gasteiger partial charge on any atom is 0.513 e. The SMILES string of the molecule is CCOC(=O)Oc1cccc2c1ncn2CCC(C)(C)NCC(O)c1cccc(NS(=O)(=O)c2ccccc2)c1.Cl. The number of benzene rings is 3. The maximum absolute atomic E-state index is 12.7. The quantitative estimate of drug-likeness (QED) is 0.147. The van der Waals surface area contributed by atoms with Gasteiger partial charge in [0.05, 0.1) is 29.5 Å². The molecule has 0 aliphatic heterocycles. The molecule has 0 bridgehead atoms. The average molecular weight is 603 g/mol. The number of aromatic nitrogens is 2. The summed E-state index contributed by atoms with van der Waals surface area (Å²) in [6, 6.07) is 20.2. The van der Waals surface area contributed by atoms with Crippen molar-refractivity contribution in [2.24, 2.45) is 0 Å². The first-order chi connectivity index (χ1) is 19.1. The van der Waals surface area contributed by atoms with Crippen molar-refractivity contribution >= 4 is 45.3 Å². The molecule has 1 aromatic heterocycles. The summed E-state index contributed by atoms with van der Waals surface area (Å²) >= 11 is 0. The molecule has 0 amide bonds. The summed E-state index contributed by atoms with van der Waals surface area (Å²) in [6.07, 6.45) is 0.797. The van der Waals surface area contributed by atoms with Crippen LogP contribution in [-0.4, -0.2) is 47.9 Å². The van der Waals surface area contributed by atoms with Crippen LogP contribution in [0, 0.1) is 0 Å². The van der Waals surface area contributed by atoms with Gasteiger partial charge in [0.1, 0.15) is 5.52 Å². The number of aliphatic hydroxyl groups excluding tert-OH is 1. The highest BCUT2D eigenvalue weighted by Gasteiger charge is 2.21. The van der Waals surface area contributed by atoms with E-state index in [0.717, 1.165) is 5.52 Å². The maximum atomic E-state index is 12.7. The second-order valence-corrected chi connectivity index (χ2v) is 11.6. The lowest BCUT2D eigenvalue weighted by molar-refractivity contribution is 0.105. The molecule has 4 aromatic rings. The third-order valence-electron chi connectivity index (χ3n) is 6.40. The zero-order valence-corrected chi connectivity index (χ0v) is 24.7. The van der Waals surface area contributed by atoms with Crippen molar-refractivity contribution in [3.8, 4) is 5.75 Å². The Bertz CT molecular complexity index is 1560. The minimum Gasteiger partial charge on any atom is -0.434 e. The van der Waals surface area contributed by atoms with Crippen molar-refractivity contribution < 1.29 is 27.8 Å². The van der Waals surface area contributed by atoms with E-state index in [-0.39, 0.29) is 36.0 Å². The van der Waals surface area contributed by atoms with Crippen molar-refractivity contribution in [3.63, 3.8) is 0 Å². The third kappa shape index (κ3) is 8.43. The molecule has 220 valence electrons. The molecule has 1 atom stereocenters. The number of carbonyl (C=O) groups excluding carboxylic acids is 1. The number of hydrogen-bond acceptors (Lipinski definition) is 8. The molecule has 0 fully saturated rings. The van der Waals surface area contributed by atoms with Crippen LogP contribution in [0.25, 0.3) is 11.0 Å². The minimum absolute atomic E-state index is 0. The van der Waals surface area contributed by atoms with Crippen LogP contribution in [0.5, 0.6) is 5.75 Å². The second kappa shape index (κ2) is 13.8. The van der Waals surface area contributed by atoms with Crippen molar-refractivity contribution in [3.05, 3.63) is 84.7 Å². The Labute approximate surface area is 246 Å². The lowest BCUT2D eigenvalue weighted by atomic mass is 9.99. The number of nitrogens with one attached hydrogen (secondary N) is 2.